The van der Waals surface area contributed by atoms with E-state index in [2.05, 4.69) is 9.72 Å². The average molecular weight is 358 g/mol. The summed E-state index contributed by atoms with van der Waals surface area (Å²) in [6, 6.07) is 5.91. The van der Waals surface area contributed by atoms with Gasteiger partial charge in [-0.05, 0) is 17.5 Å². The van der Waals surface area contributed by atoms with Crippen molar-refractivity contribution in [2.75, 3.05) is 7.11 Å². The zero-order valence-electron chi connectivity index (χ0n) is 11.7. The van der Waals surface area contributed by atoms with Crippen LogP contribution in [0.2, 0.25) is 0 Å². The number of esters is 1. The molecule has 0 N–H and O–H groups in total. The van der Waals surface area contributed by atoms with Crippen LogP contribution in [0.15, 0.2) is 28.6 Å². The molecule has 2 aromatic rings. The Balaban J connectivity index is 2.49. The molecule has 4 nitrogen and oxygen atoms in total. The van der Waals surface area contributed by atoms with Crippen LogP contribution in [0, 0.1) is 11.3 Å². The van der Waals surface area contributed by atoms with Gasteiger partial charge in [-0.2, -0.15) is 18.4 Å². The number of nitrogens with zero attached hydrogens (tertiary/aromatic N) is 2. The third-order valence-electron chi connectivity index (χ3n) is 2.73. The first-order valence-electron chi connectivity index (χ1n) is 6.12. The maximum atomic E-state index is 13.0. The molecule has 0 radical (unpaired) electrons. The topological polar surface area (TPSA) is 63.0 Å². The number of methoxy groups -OCH3 is 1. The Bertz CT molecular complexity index is 753. The summed E-state index contributed by atoms with van der Waals surface area (Å²) in [5.41, 5.74) is -1.89. The number of carbonyl (C=O) groups is 1. The molecule has 0 unspecified atom stereocenters. The lowest BCUT2D eigenvalue weighted by Gasteiger charge is -2.12. The van der Waals surface area contributed by atoms with Crippen LogP contribution in [0.1, 0.15) is 26.5 Å². The first-order valence-corrected chi connectivity index (χ1v) is 7.99. The number of alkyl halides is 3. The van der Waals surface area contributed by atoms with E-state index in [4.69, 9.17) is 0 Å². The summed E-state index contributed by atoms with van der Waals surface area (Å²) in [5, 5.41) is 10.9. The molecule has 0 atom stereocenters. The maximum Gasteiger partial charge on any atom is 0.433 e. The van der Waals surface area contributed by atoms with E-state index in [1.54, 1.807) is 6.07 Å². The molecule has 0 bridgehead atoms. The van der Waals surface area contributed by atoms with Crippen molar-refractivity contribution in [2.45, 2.75) is 17.0 Å². The van der Waals surface area contributed by atoms with E-state index in [1.807, 2.05) is 17.5 Å². The zero-order valence-corrected chi connectivity index (χ0v) is 13.3. The summed E-state index contributed by atoms with van der Waals surface area (Å²) < 4.78 is 43.3. The van der Waals surface area contributed by atoms with E-state index in [0.717, 1.165) is 23.7 Å². The van der Waals surface area contributed by atoms with Crippen molar-refractivity contribution < 1.29 is 22.7 Å². The minimum atomic E-state index is -4.73. The molecule has 0 saturated heterocycles. The number of aromatic nitrogens is 1. The maximum absolute atomic E-state index is 13.0. The molecule has 0 amide bonds. The van der Waals surface area contributed by atoms with Gasteiger partial charge in [0.15, 0.2) is 0 Å². The summed E-state index contributed by atoms with van der Waals surface area (Å²) in [6.45, 7) is 0. The number of hydrogen-bond donors (Lipinski definition) is 0. The van der Waals surface area contributed by atoms with E-state index >= 15 is 0 Å². The number of rotatable bonds is 4. The van der Waals surface area contributed by atoms with Crippen LogP contribution in [0.25, 0.3) is 0 Å². The molecule has 0 aliphatic rings. The van der Waals surface area contributed by atoms with Crippen LogP contribution in [-0.4, -0.2) is 18.1 Å². The highest BCUT2D eigenvalue weighted by Crippen LogP contribution is 2.34. The number of thioether (sulfide) groups is 1. The second-order valence-corrected chi connectivity index (χ2v) is 6.20. The largest absolute Gasteiger partial charge is 0.465 e. The highest BCUT2D eigenvalue weighted by atomic mass is 32.2. The summed E-state index contributed by atoms with van der Waals surface area (Å²) in [6.07, 6.45) is -4.73. The van der Waals surface area contributed by atoms with E-state index in [9.17, 15) is 23.2 Å². The third kappa shape index (κ3) is 4.03. The molecule has 2 rings (SSSR count). The highest BCUT2D eigenvalue weighted by Gasteiger charge is 2.35. The van der Waals surface area contributed by atoms with Gasteiger partial charge < -0.3 is 4.74 Å². The molecule has 120 valence electrons. The fourth-order valence-corrected chi connectivity index (χ4v) is 3.46. The van der Waals surface area contributed by atoms with Gasteiger partial charge in [-0.25, -0.2) is 9.78 Å². The first kappa shape index (κ1) is 17.3. The number of thiophene rings is 1. The minimum absolute atomic E-state index is 0.142. The Morgan fingerprint density at radius 3 is 2.78 bits per heavy atom. The molecule has 0 saturated carbocycles. The van der Waals surface area contributed by atoms with Crippen LogP contribution in [0.4, 0.5) is 13.2 Å². The van der Waals surface area contributed by atoms with Crippen molar-refractivity contribution in [3.8, 4) is 6.07 Å². The molecule has 0 spiro atoms. The van der Waals surface area contributed by atoms with Gasteiger partial charge in [-0.1, -0.05) is 17.8 Å². The van der Waals surface area contributed by atoms with Gasteiger partial charge in [0.05, 0.1) is 18.2 Å². The van der Waals surface area contributed by atoms with E-state index in [1.165, 1.54) is 11.3 Å². The van der Waals surface area contributed by atoms with Gasteiger partial charge in [-0.15, -0.1) is 11.3 Å². The van der Waals surface area contributed by atoms with Crippen molar-refractivity contribution in [1.29, 1.82) is 5.26 Å². The smallest absolute Gasteiger partial charge is 0.433 e. The first-order chi connectivity index (χ1) is 10.9. The Morgan fingerprint density at radius 2 is 2.26 bits per heavy atom. The lowest BCUT2D eigenvalue weighted by Crippen LogP contribution is -2.14. The Morgan fingerprint density at radius 1 is 1.52 bits per heavy atom. The van der Waals surface area contributed by atoms with E-state index < -0.39 is 23.4 Å². The Hall–Kier alpha value is -2.05. The highest BCUT2D eigenvalue weighted by molar-refractivity contribution is 7.98. The van der Waals surface area contributed by atoms with Crippen molar-refractivity contribution in [2.24, 2.45) is 0 Å². The van der Waals surface area contributed by atoms with Crippen LogP contribution in [-0.2, 0) is 16.7 Å². The fraction of sp³-hybridized carbons (Fsp3) is 0.214. The molecule has 2 heterocycles. The zero-order chi connectivity index (χ0) is 17.0. The van der Waals surface area contributed by atoms with Gasteiger partial charge in [0.25, 0.3) is 0 Å². The molecule has 9 heteroatoms. The predicted molar refractivity (Wildman–Crippen MR) is 79.2 cm³/mol. The van der Waals surface area contributed by atoms with Gasteiger partial charge in [0.1, 0.15) is 16.8 Å². The number of halogens is 3. The number of carbonyl (C=O) groups excluding carboxylic acids is 1. The van der Waals surface area contributed by atoms with Crippen molar-refractivity contribution >= 4 is 29.1 Å². The number of pyridine rings is 1. The molecule has 0 fully saturated rings. The van der Waals surface area contributed by atoms with Crippen molar-refractivity contribution in [3.05, 3.63) is 45.3 Å². The Kier molecular flexibility index (Phi) is 5.28. The van der Waals surface area contributed by atoms with Gasteiger partial charge in [0, 0.05) is 10.6 Å². The van der Waals surface area contributed by atoms with Crippen LogP contribution < -0.4 is 0 Å². The summed E-state index contributed by atoms with van der Waals surface area (Å²) in [5.74, 6) is -0.659. The van der Waals surface area contributed by atoms with E-state index in [-0.39, 0.29) is 10.6 Å². The predicted octanol–water partition coefficient (Wildman–Crippen LogP) is 4.11. The van der Waals surface area contributed by atoms with Crippen molar-refractivity contribution in [3.63, 3.8) is 0 Å². The second kappa shape index (κ2) is 7.02. The summed E-state index contributed by atoms with van der Waals surface area (Å²) in [4.78, 5) is 16.1. The molecular formula is C14H9F3N2O2S2. The van der Waals surface area contributed by atoms with Crippen LogP contribution in [0.3, 0.4) is 0 Å². The summed E-state index contributed by atoms with van der Waals surface area (Å²) >= 11 is 2.41. The van der Waals surface area contributed by atoms with Gasteiger partial charge >= 0.3 is 12.1 Å². The molecule has 23 heavy (non-hydrogen) atoms. The quantitative estimate of drug-likeness (QED) is 0.608. The van der Waals surface area contributed by atoms with E-state index in [0.29, 0.717) is 11.8 Å². The number of nitriles is 1. The molecule has 0 aliphatic heterocycles. The van der Waals surface area contributed by atoms with Crippen LogP contribution >= 0.6 is 23.1 Å². The van der Waals surface area contributed by atoms with Crippen LogP contribution in [0.5, 0.6) is 0 Å². The van der Waals surface area contributed by atoms with Gasteiger partial charge in [0.2, 0.25) is 0 Å². The fourth-order valence-electron chi connectivity index (χ4n) is 1.68. The molecule has 0 aliphatic carbocycles. The molecule has 0 aromatic carbocycles. The van der Waals surface area contributed by atoms with Crippen molar-refractivity contribution in [1.82, 2.24) is 4.98 Å². The molecular weight excluding hydrogens is 349 g/mol. The Labute approximate surface area is 137 Å². The summed E-state index contributed by atoms with van der Waals surface area (Å²) in [7, 11) is 1.04. The monoisotopic (exact) mass is 358 g/mol. The molecule has 2 aromatic heterocycles. The third-order valence-corrected chi connectivity index (χ3v) is 4.81. The SMILES string of the molecule is COC(=O)c1cc(C(F)(F)F)nc(SCc2cccs2)c1C#N. The lowest BCUT2D eigenvalue weighted by molar-refractivity contribution is -0.141. The average Bonchev–Trinajstić information content (AvgIpc) is 3.03. The normalized spacial score (nSPS) is 11.1. The number of hydrogen-bond acceptors (Lipinski definition) is 6. The minimum Gasteiger partial charge on any atom is -0.465 e. The lowest BCUT2D eigenvalue weighted by atomic mass is 10.1. The standard InChI is InChI=1S/C14H9F3N2O2S2/c1-21-13(20)9-5-11(14(15,16)17)19-12(10(9)6-18)23-7-8-3-2-4-22-8/h2-5H,7H2,1H3. The van der Waals surface area contributed by atoms with Gasteiger partial charge in [-0.3, -0.25) is 0 Å². The second-order valence-electron chi connectivity index (χ2n) is 4.20. The number of ether oxygens (including phenoxy) is 1.